The third-order valence-electron chi connectivity index (χ3n) is 4.39. The molecule has 114 valence electrons. The lowest BCUT2D eigenvalue weighted by Crippen LogP contribution is -2.36. The number of nitrogens with one attached hydrogen (secondary N) is 1. The molecule has 0 saturated heterocycles. The predicted molar refractivity (Wildman–Crippen MR) is 85.3 cm³/mol. The van der Waals surface area contributed by atoms with Crippen LogP contribution in [0.4, 0.5) is 5.69 Å². The summed E-state index contributed by atoms with van der Waals surface area (Å²) in [5.41, 5.74) is 3.62. The predicted octanol–water partition coefficient (Wildman–Crippen LogP) is 3.99. The number of para-hydroxylation sites is 1. The number of Topliss-reactive ketones (excluding diaryl/α,β-unsaturated/α-hetero) is 1. The van der Waals surface area contributed by atoms with Crippen LogP contribution in [0.25, 0.3) is 0 Å². The van der Waals surface area contributed by atoms with Crippen LogP contribution in [-0.2, 0) is 9.53 Å². The Morgan fingerprint density at radius 3 is 2.71 bits per heavy atom. The molecule has 0 bridgehead atoms. The fraction of sp³-hybridized carbons (Fsp3) is 0.529. The van der Waals surface area contributed by atoms with Crippen LogP contribution in [0.3, 0.4) is 0 Å². The van der Waals surface area contributed by atoms with Gasteiger partial charge in [-0.15, -0.1) is 5.10 Å². The lowest BCUT2D eigenvalue weighted by molar-refractivity contribution is -0.131. The van der Waals surface area contributed by atoms with Gasteiger partial charge in [0.1, 0.15) is 5.78 Å². The Hall–Kier alpha value is -1.84. The number of hydrogen-bond acceptors (Lipinski definition) is 4. The summed E-state index contributed by atoms with van der Waals surface area (Å²) >= 11 is 0. The van der Waals surface area contributed by atoms with Crippen LogP contribution in [0.5, 0.6) is 0 Å². The van der Waals surface area contributed by atoms with Crippen molar-refractivity contribution in [1.82, 2.24) is 0 Å². The second kappa shape index (κ2) is 7.25. The van der Waals surface area contributed by atoms with E-state index in [0.717, 1.165) is 31.4 Å². The molecule has 0 radical (unpaired) electrons. The van der Waals surface area contributed by atoms with E-state index < -0.39 is 0 Å². The molecule has 1 fully saturated rings. The van der Waals surface area contributed by atoms with Gasteiger partial charge in [0.15, 0.2) is 0 Å². The summed E-state index contributed by atoms with van der Waals surface area (Å²) < 4.78 is 5.39. The Kier molecular flexibility index (Phi) is 5.37. The SMILES string of the molecule is CCC1(CC(=NNc2ccccc2)OC)CCCCC1=O. The van der Waals surface area contributed by atoms with Crippen molar-refractivity contribution in [1.29, 1.82) is 0 Å². The number of ether oxygens (including phenoxy) is 1. The lowest BCUT2D eigenvalue weighted by atomic mass is 9.69. The molecule has 2 rings (SSSR count). The molecular formula is C17H24N2O2. The number of nitrogens with zero attached hydrogens (tertiary/aromatic N) is 1. The molecule has 1 aromatic carbocycles. The molecule has 0 aliphatic heterocycles. The Labute approximate surface area is 126 Å². The smallest absolute Gasteiger partial charge is 0.206 e. The Balaban J connectivity index is 2.08. The van der Waals surface area contributed by atoms with Gasteiger partial charge in [0.2, 0.25) is 5.90 Å². The number of ketones is 1. The first kappa shape index (κ1) is 15.5. The fourth-order valence-corrected chi connectivity index (χ4v) is 2.93. The zero-order valence-corrected chi connectivity index (χ0v) is 12.9. The molecule has 1 N–H and O–H groups in total. The molecule has 21 heavy (non-hydrogen) atoms. The van der Waals surface area contributed by atoms with E-state index in [0.29, 0.717) is 24.5 Å². The van der Waals surface area contributed by atoms with Gasteiger partial charge in [-0.25, -0.2) is 0 Å². The number of carbonyl (C=O) groups is 1. The van der Waals surface area contributed by atoms with Crippen LogP contribution in [-0.4, -0.2) is 18.8 Å². The van der Waals surface area contributed by atoms with Crippen molar-refractivity contribution in [3.8, 4) is 0 Å². The molecule has 0 amide bonds. The molecule has 0 aromatic heterocycles. The summed E-state index contributed by atoms with van der Waals surface area (Å²) in [5.74, 6) is 0.955. The zero-order chi connectivity index (χ0) is 15.1. The van der Waals surface area contributed by atoms with Gasteiger partial charge in [-0.05, 0) is 31.4 Å². The maximum Gasteiger partial charge on any atom is 0.206 e. The summed E-state index contributed by atoms with van der Waals surface area (Å²) in [6.45, 7) is 2.08. The van der Waals surface area contributed by atoms with E-state index in [2.05, 4.69) is 17.5 Å². The molecule has 1 aliphatic rings. The molecule has 0 heterocycles. The molecule has 0 spiro atoms. The summed E-state index contributed by atoms with van der Waals surface area (Å²) in [6.07, 6.45) is 5.19. The highest BCUT2D eigenvalue weighted by molar-refractivity contribution is 5.91. The average molecular weight is 288 g/mol. The van der Waals surface area contributed by atoms with E-state index in [4.69, 9.17) is 4.74 Å². The van der Waals surface area contributed by atoms with Crippen LogP contribution >= 0.6 is 0 Å². The number of methoxy groups -OCH3 is 1. The van der Waals surface area contributed by atoms with Crippen LogP contribution in [0.1, 0.15) is 45.4 Å². The highest BCUT2D eigenvalue weighted by Crippen LogP contribution is 2.39. The van der Waals surface area contributed by atoms with Gasteiger partial charge in [-0.3, -0.25) is 10.2 Å². The van der Waals surface area contributed by atoms with E-state index in [1.807, 2.05) is 30.3 Å². The van der Waals surface area contributed by atoms with Gasteiger partial charge in [0, 0.05) is 18.3 Å². The average Bonchev–Trinajstić information content (AvgIpc) is 2.54. The molecular weight excluding hydrogens is 264 g/mol. The number of anilines is 1. The normalized spacial score (nSPS) is 23.0. The second-order valence-electron chi connectivity index (χ2n) is 5.63. The van der Waals surface area contributed by atoms with E-state index >= 15 is 0 Å². The van der Waals surface area contributed by atoms with Crippen LogP contribution in [0.2, 0.25) is 0 Å². The van der Waals surface area contributed by atoms with Crippen molar-refractivity contribution in [3.05, 3.63) is 30.3 Å². The quantitative estimate of drug-likeness (QED) is 0.506. The molecule has 4 nitrogen and oxygen atoms in total. The van der Waals surface area contributed by atoms with E-state index in [1.165, 1.54) is 0 Å². The van der Waals surface area contributed by atoms with Gasteiger partial charge in [0.25, 0.3) is 0 Å². The number of hydrogen-bond donors (Lipinski definition) is 1. The summed E-state index contributed by atoms with van der Waals surface area (Å²) in [4.78, 5) is 12.3. The zero-order valence-electron chi connectivity index (χ0n) is 12.9. The summed E-state index contributed by atoms with van der Waals surface area (Å²) in [5, 5.41) is 4.33. The largest absolute Gasteiger partial charge is 0.483 e. The third kappa shape index (κ3) is 3.84. The standard InChI is InChI=1S/C17H24N2O2/c1-3-17(12-8-7-11-15(17)20)13-16(21-2)19-18-14-9-5-4-6-10-14/h4-6,9-10,18H,3,7-8,11-13H2,1-2H3. The number of carbonyl (C=O) groups excluding carboxylic acids is 1. The summed E-state index contributed by atoms with van der Waals surface area (Å²) in [7, 11) is 1.61. The van der Waals surface area contributed by atoms with Crippen LogP contribution < -0.4 is 5.43 Å². The van der Waals surface area contributed by atoms with Crippen molar-refractivity contribution in [2.45, 2.75) is 45.4 Å². The number of benzene rings is 1. The monoisotopic (exact) mass is 288 g/mol. The van der Waals surface area contributed by atoms with Gasteiger partial charge in [0.05, 0.1) is 12.8 Å². The van der Waals surface area contributed by atoms with Gasteiger partial charge >= 0.3 is 0 Å². The third-order valence-corrected chi connectivity index (χ3v) is 4.39. The Morgan fingerprint density at radius 1 is 1.33 bits per heavy atom. The van der Waals surface area contributed by atoms with Crippen molar-refractivity contribution in [3.63, 3.8) is 0 Å². The van der Waals surface area contributed by atoms with Crippen molar-refractivity contribution in [2.24, 2.45) is 10.5 Å². The number of hydrazone groups is 1. The van der Waals surface area contributed by atoms with Gasteiger partial charge < -0.3 is 4.74 Å². The van der Waals surface area contributed by atoms with Crippen LogP contribution in [0.15, 0.2) is 35.4 Å². The highest BCUT2D eigenvalue weighted by atomic mass is 16.5. The molecule has 1 atom stereocenters. The summed E-state index contributed by atoms with van der Waals surface area (Å²) in [6, 6.07) is 9.74. The topological polar surface area (TPSA) is 50.7 Å². The minimum atomic E-state index is -0.286. The minimum absolute atomic E-state index is 0.286. The maximum absolute atomic E-state index is 12.3. The van der Waals surface area contributed by atoms with Crippen molar-refractivity contribution < 1.29 is 9.53 Å². The Morgan fingerprint density at radius 2 is 2.10 bits per heavy atom. The first-order valence-corrected chi connectivity index (χ1v) is 7.65. The first-order valence-electron chi connectivity index (χ1n) is 7.65. The van der Waals surface area contributed by atoms with Gasteiger partial charge in [-0.1, -0.05) is 31.5 Å². The first-order chi connectivity index (χ1) is 10.2. The van der Waals surface area contributed by atoms with E-state index in [9.17, 15) is 4.79 Å². The number of rotatable bonds is 5. The molecule has 1 unspecified atom stereocenters. The van der Waals surface area contributed by atoms with E-state index in [1.54, 1.807) is 7.11 Å². The maximum atomic E-state index is 12.3. The van der Waals surface area contributed by atoms with Crippen molar-refractivity contribution >= 4 is 17.4 Å². The van der Waals surface area contributed by atoms with E-state index in [-0.39, 0.29) is 5.41 Å². The van der Waals surface area contributed by atoms with Gasteiger partial charge in [-0.2, -0.15) is 0 Å². The highest BCUT2D eigenvalue weighted by Gasteiger charge is 2.39. The minimum Gasteiger partial charge on any atom is -0.483 e. The van der Waals surface area contributed by atoms with Crippen molar-refractivity contribution in [2.75, 3.05) is 12.5 Å². The Bertz CT molecular complexity index is 499. The molecule has 1 saturated carbocycles. The second-order valence-corrected chi connectivity index (χ2v) is 5.63. The molecule has 1 aliphatic carbocycles. The lowest BCUT2D eigenvalue weighted by Gasteiger charge is -2.34. The molecule has 4 heteroatoms. The fourth-order valence-electron chi connectivity index (χ4n) is 2.93. The van der Waals surface area contributed by atoms with Crippen LogP contribution in [0, 0.1) is 5.41 Å². The molecule has 1 aromatic rings.